The number of nitrogens with zero attached hydrogens (tertiary/aromatic N) is 1. The number of hydrogen-bond acceptors (Lipinski definition) is 4. The van der Waals surface area contributed by atoms with Crippen LogP contribution in [0, 0.1) is 0 Å². The maximum Gasteiger partial charge on any atom is 0.213 e. The molecular formula is C13H17ClN2O2. The molecule has 0 fully saturated rings. The highest BCUT2D eigenvalue weighted by Crippen LogP contribution is 2.25. The first-order chi connectivity index (χ1) is 8.35. The van der Waals surface area contributed by atoms with Gasteiger partial charge in [0, 0.05) is 11.5 Å². The van der Waals surface area contributed by atoms with Crippen LogP contribution in [0.3, 0.4) is 0 Å². The molecule has 0 spiro atoms. The smallest absolute Gasteiger partial charge is 0.213 e. The normalized spacial score (nSPS) is 9.89. The van der Waals surface area contributed by atoms with Crippen molar-refractivity contribution < 1.29 is 9.47 Å². The van der Waals surface area contributed by atoms with Crippen molar-refractivity contribution in [2.24, 2.45) is 5.73 Å². The Morgan fingerprint density at radius 2 is 2.06 bits per heavy atom. The number of benzene rings is 1. The van der Waals surface area contributed by atoms with Gasteiger partial charge in [0.15, 0.2) is 0 Å². The average molecular weight is 269 g/mol. The van der Waals surface area contributed by atoms with Crippen LogP contribution in [0.15, 0.2) is 30.3 Å². The number of aromatic nitrogens is 1. The van der Waals surface area contributed by atoms with E-state index >= 15 is 0 Å². The van der Waals surface area contributed by atoms with E-state index in [2.05, 4.69) is 4.98 Å². The molecule has 0 aliphatic rings. The molecule has 1 aromatic carbocycles. The van der Waals surface area contributed by atoms with Crippen LogP contribution >= 0.6 is 12.4 Å². The van der Waals surface area contributed by atoms with E-state index in [9.17, 15) is 0 Å². The number of pyridine rings is 1. The Bertz CT molecular complexity index is 505. The van der Waals surface area contributed by atoms with Crippen molar-refractivity contribution in [3.8, 4) is 11.6 Å². The Kier molecular flexibility index (Phi) is 5.68. The predicted octanol–water partition coefficient (Wildman–Crippen LogP) is 2.39. The van der Waals surface area contributed by atoms with E-state index in [0.29, 0.717) is 19.0 Å². The molecule has 5 heteroatoms. The van der Waals surface area contributed by atoms with Crippen molar-refractivity contribution in [3.05, 3.63) is 30.3 Å². The third-order valence-electron chi connectivity index (χ3n) is 2.48. The van der Waals surface area contributed by atoms with Gasteiger partial charge < -0.3 is 15.2 Å². The highest BCUT2D eigenvalue weighted by molar-refractivity contribution is 5.85. The molecule has 2 rings (SSSR count). The molecular weight excluding hydrogens is 252 g/mol. The zero-order valence-electron chi connectivity index (χ0n) is 10.3. The minimum absolute atomic E-state index is 0. The molecule has 0 saturated heterocycles. The zero-order chi connectivity index (χ0) is 12.1. The lowest BCUT2D eigenvalue weighted by Crippen LogP contribution is -2.06. The Labute approximate surface area is 113 Å². The summed E-state index contributed by atoms with van der Waals surface area (Å²) in [7, 11) is 1.64. The summed E-state index contributed by atoms with van der Waals surface area (Å²) in [6.07, 6.45) is 0.825. The minimum Gasteiger partial charge on any atom is -0.494 e. The van der Waals surface area contributed by atoms with Gasteiger partial charge in [-0.15, -0.1) is 12.4 Å². The summed E-state index contributed by atoms with van der Waals surface area (Å²) < 4.78 is 10.8. The van der Waals surface area contributed by atoms with Gasteiger partial charge in [0.05, 0.1) is 13.7 Å². The first-order valence-electron chi connectivity index (χ1n) is 5.62. The lowest BCUT2D eigenvalue weighted by Gasteiger charge is -2.07. The molecule has 0 saturated carbocycles. The van der Waals surface area contributed by atoms with Gasteiger partial charge in [0.2, 0.25) is 5.88 Å². The maximum absolute atomic E-state index is 5.51. The predicted molar refractivity (Wildman–Crippen MR) is 74.7 cm³/mol. The van der Waals surface area contributed by atoms with Gasteiger partial charge in [-0.25, -0.2) is 4.98 Å². The van der Waals surface area contributed by atoms with Gasteiger partial charge in [-0.1, -0.05) is 12.1 Å². The number of para-hydroxylation sites is 1. The van der Waals surface area contributed by atoms with Gasteiger partial charge in [-0.2, -0.15) is 0 Å². The molecule has 0 atom stereocenters. The van der Waals surface area contributed by atoms with E-state index in [4.69, 9.17) is 15.2 Å². The summed E-state index contributed by atoms with van der Waals surface area (Å²) in [6, 6.07) is 9.66. The first-order valence-corrected chi connectivity index (χ1v) is 5.62. The van der Waals surface area contributed by atoms with Crippen molar-refractivity contribution in [2.45, 2.75) is 6.42 Å². The summed E-state index contributed by atoms with van der Waals surface area (Å²) in [6.45, 7) is 1.21. The molecule has 4 nitrogen and oxygen atoms in total. The van der Waals surface area contributed by atoms with Gasteiger partial charge in [0.25, 0.3) is 0 Å². The van der Waals surface area contributed by atoms with Crippen LogP contribution in [-0.2, 0) is 0 Å². The van der Waals surface area contributed by atoms with Gasteiger partial charge in [-0.3, -0.25) is 0 Å². The van der Waals surface area contributed by atoms with Crippen LogP contribution in [0.25, 0.3) is 10.9 Å². The molecule has 2 N–H and O–H groups in total. The lowest BCUT2D eigenvalue weighted by molar-refractivity contribution is 0.302. The van der Waals surface area contributed by atoms with Crippen LogP contribution in [0.2, 0.25) is 0 Å². The van der Waals surface area contributed by atoms with E-state index in [1.165, 1.54) is 0 Å². The molecule has 98 valence electrons. The van der Waals surface area contributed by atoms with Crippen LogP contribution in [0.5, 0.6) is 11.6 Å². The SMILES string of the molecule is COc1cccc2ccc(OCCCN)nc12.Cl. The standard InChI is InChI=1S/C13H16N2O2.ClH/c1-16-11-5-2-4-10-6-7-12(15-13(10)11)17-9-3-8-14;/h2,4-7H,3,8-9,14H2,1H3;1H. The van der Waals surface area contributed by atoms with E-state index in [1.54, 1.807) is 7.11 Å². The fourth-order valence-corrected chi connectivity index (χ4v) is 1.61. The number of nitrogens with two attached hydrogens (primary N) is 1. The fraction of sp³-hybridized carbons (Fsp3) is 0.308. The quantitative estimate of drug-likeness (QED) is 0.846. The second kappa shape index (κ2) is 7.03. The number of methoxy groups -OCH3 is 1. The Balaban J connectivity index is 0.00000162. The Morgan fingerprint density at radius 3 is 2.78 bits per heavy atom. The number of rotatable bonds is 5. The number of ether oxygens (including phenoxy) is 2. The van der Waals surface area contributed by atoms with Gasteiger partial charge >= 0.3 is 0 Å². The van der Waals surface area contributed by atoms with Crippen molar-refractivity contribution >= 4 is 23.3 Å². The summed E-state index contributed by atoms with van der Waals surface area (Å²) in [5.41, 5.74) is 6.23. The summed E-state index contributed by atoms with van der Waals surface area (Å²) in [5.74, 6) is 1.36. The highest BCUT2D eigenvalue weighted by atomic mass is 35.5. The number of fused-ring (bicyclic) bond motifs is 1. The molecule has 0 bridgehead atoms. The minimum atomic E-state index is 0. The molecule has 0 radical (unpaired) electrons. The largest absolute Gasteiger partial charge is 0.494 e. The lowest BCUT2D eigenvalue weighted by atomic mass is 10.2. The van der Waals surface area contributed by atoms with E-state index in [-0.39, 0.29) is 12.4 Å². The Morgan fingerprint density at radius 1 is 1.22 bits per heavy atom. The van der Waals surface area contributed by atoms with Crippen LogP contribution < -0.4 is 15.2 Å². The van der Waals surface area contributed by atoms with Crippen LogP contribution in [0.4, 0.5) is 0 Å². The molecule has 2 aromatic rings. The molecule has 1 aromatic heterocycles. The molecule has 1 heterocycles. The summed E-state index contributed by atoms with van der Waals surface area (Å²) >= 11 is 0. The monoisotopic (exact) mass is 268 g/mol. The van der Waals surface area contributed by atoms with Gasteiger partial charge in [0.1, 0.15) is 11.3 Å². The number of halogens is 1. The van der Waals surface area contributed by atoms with Crippen molar-refractivity contribution in [3.63, 3.8) is 0 Å². The van der Waals surface area contributed by atoms with Crippen LogP contribution in [0.1, 0.15) is 6.42 Å². The van der Waals surface area contributed by atoms with E-state index in [0.717, 1.165) is 23.1 Å². The maximum atomic E-state index is 5.51. The average Bonchev–Trinajstić information content (AvgIpc) is 2.38. The van der Waals surface area contributed by atoms with Gasteiger partial charge in [-0.05, 0) is 25.1 Å². The second-order valence-corrected chi connectivity index (χ2v) is 3.67. The van der Waals surface area contributed by atoms with Crippen molar-refractivity contribution in [1.82, 2.24) is 4.98 Å². The number of hydrogen-bond donors (Lipinski definition) is 1. The second-order valence-electron chi connectivity index (χ2n) is 3.67. The molecule has 0 aliphatic heterocycles. The highest BCUT2D eigenvalue weighted by Gasteiger charge is 2.04. The van der Waals surface area contributed by atoms with Crippen molar-refractivity contribution in [1.29, 1.82) is 0 Å². The van der Waals surface area contributed by atoms with E-state index < -0.39 is 0 Å². The molecule has 0 unspecified atom stereocenters. The van der Waals surface area contributed by atoms with Crippen molar-refractivity contribution in [2.75, 3.05) is 20.3 Å². The first kappa shape index (κ1) is 14.5. The molecule has 0 amide bonds. The van der Waals surface area contributed by atoms with E-state index in [1.807, 2.05) is 30.3 Å². The molecule has 18 heavy (non-hydrogen) atoms. The van der Waals surface area contributed by atoms with Crippen LogP contribution in [-0.4, -0.2) is 25.2 Å². The Hall–Kier alpha value is -1.52. The summed E-state index contributed by atoms with van der Waals surface area (Å²) in [4.78, 5) is 4.43. The topological polar surface area (TPSA) is 57.4 Å². The zero-order valence-corrected chi connectivity index (χ0v) is 11.1. The molecule has 0 aliphatic carbocycles. The summed E-state index contributed by atoms with van der Waals surface area (Å²) in [5, 5.41) is 1.04. The third-order valence-corrected chi connectivity index (χ3v) is 2.48. The fourth-order valence-electron chi connectivity index (χ4n) is 1.61. The third kappa shape index (κ3) is 3.24.